The van der Waals surface area contributed by atoms with Gasteiger partial charge in [0.1, 0.15) is 22.9 Å². The Morgan fingerprint density at radius 3 is 2.48 bits per heavy atom. The van der Waals surface area contributed by atoms with Crippen LogP contribution in [0.15, 0.2) is 48.7 Å². The van der Waals surface area contributed by atoms with Crippen LogP contribution in [0.2, 0.25) is 10.0 Å². The minimum Gasteiger partial charge on any atom is -0.325 e. The average Bonchev–Trinajstić information content (AvgIpc) is 3.23. The summed E-state index contributed by atoms with van der Waals surface area (Å²) in [4.78, 5) is 39.2. The molecule has 2 atom stereocenters. The number of halogens is 2. The Kier molecular flexibility index (Phi) is 4.42. The van der Waals surface area contributed by atoms with Gasteiger partial charge in [-0.05, 0) is 48.4 Å². The predicted octanol–water partition coefficient (Wildman–Crippen LogP) is 3.63. The molecule has 1 spiro atoms. The molecule has 0 saturated heterocycles. The summed E-state index contributed by atoms with van der Waals surface area (Å²) in [6, 6.07) is 12.2. The molecular weight excluding hydrogens is 439 g/mol. The average molecular weight is 455 g/mol. The van der Waals surface area contributed by atoms with E-state index in [9.17, 15) is 14.4 Å². The van der Waals surface area contributed by atoms with E-state index < -0.39 is 28.9 Å². The molecule has 2 N–H and O–H groups in total. The van der Waals surface area contributed by atoms with Gasteiger partial charge >= 0.3 is 0 Å². The zero-order chi connectivity index (χ0) is 21.9. The Bertz CT molecular complexity index is 1270. The van der Waals surface area contributed by atoms with Crippen LogP contribution in [-0.2, 0) is 26.3 Å². The van der Waals surface area contributed by atoms with Crippen LogP contribution in [0.3, 0.4) is 0 Å². The molecule has 7 nitrogen and oxygen atoms in total. The third kappa shape index (κ3) is 2.80. The fourth-order valence-corrected chi connectivity index (χ4v) is 4.87. The molecule has 3 heterocycles. The standard InChI is InChI=1S/C22H16Cl2N4O3/c1-11(29)18-20(30)27-19-16(9-25-28(19)10-12-2-4-13(23)5-3-12)22(18)15-8-14(24)6-7-17(15)26-21(22)31/h2-9,18H,10H2,1H3,(H,26,31)(H,27,30). The third-order valence-corrected chi connectivity index (χ3v) is 6.35. The lowest BCUT2D eigenvalue weighted by molar-refractivity contribution is -0.137. The molecule has 0 bridgehead atoms. The Morgan fingerprint density at radius 2 is 1.77 bits per heavy atom. The van der Waals surface area contributed by atoms with Crippen molar-refractivity contribution in [2.24, 2.45) is 5.92 Å². The fourth-order valence-electron chi connectivity index (χ4n) is 4.57. The largest absolute Gasteiger partial charge is 0.325 e. The molecule has 1 aromatic heterocycles. The summed E-state index contributed by atoms with van der Waals surface area (Å²) >= 11 is 12.2. The molecular formula is C22H16Cl2N4O3. The van der Waals surface area contributed by atoms with Gasteiger partial charge in [-0.1, -0.05) is 35.3 Å². The Labute approximate surface area is 187 Å². The van der Waals surface area contributed by atoms with Crippen LogP contribution in [-0.4, -0.2) is 27.4 Å². The van der Waals surface area contributed by atoms with E-state index in [1.54, 1.807) is 35.0 Å². The smallest absolute Gasteiger partial charge is 0.241 e. The van der Waals surface area contributed by atoms with Gasteiger partial charge in [-0.2, -0.15) is 5.10 Å². The van der Waals surface area contributed by atoms with Crippen molar-refractivity contribution in [3.05, 3.63) is 75.4 Å². The van der Waals surface area contributed by atoms with E-state index in [1.165, 1.54) is 13.1 Å². The number of Topliss-reactive ketones (excluding diaryl/α,β-unsaturated/α-hetero) is 1. The highest BCUT2D eigenvalue weighted by Crippen LogP contribution is 2.53. The molecule has 2 aliphatic heterocycles. The number of nitrogens with zero attached hydrogens (tertiary/aromatic N) is 2. The molecule has 2 aromatic carbocycles. The molecule has 0 saturated carbocycles. The van der Waals surface area contributed by atoms with Gasteiger partial charge in [-0.3, -0.25) is 14.4 Å². The first kappa shape index (κ1) is 19.8. The van der Waals surface area contributed by atoms with E-state index in [0.717, 1.165) is 5.56 Å². The zero-order valence-corrected chi connectivity index (χ0v) is 17.8. The van der Waals surface area contributed by atoms with Crippen molar-refractivity contribution in [1.82, 2.24) is 9.78 Å². The van der Waals surface area contributed by atoms with Crippen molar-refractivity contribution in [2.75, 3.05) is 10.6 Å². The molecule has 31 heavy (non-hydrogen) atoms. The Hall–Kier alpha value is -3.16. The number of anilines is 2. The van der Waals surface area contributed by atoms with E-state index >= 15 is 0 Å². The van der Waals surface area contributed by atoms with Crippen molar-refractivity contribution in [2.45, 2.75) is 18.9 Å². The summed E-state index contributed by atoms with van der Waals surface area (Å²) < 4.78 is 1.60. The lowest BCUT2D eigenvalue weighted by atomic mass is 9.63. The number of ketones is 1. The lowest BCUT2D eigenvalue weighted by Gasteiger charge is -2.37. The molecule has 2 unspecified atom stereocenters. The number of nitrogens with one attached hydrogen (secondary N) is 2. The highest BCUT2D eigenvalue weighted by atomic mass is 35.5. The maximum absolute atomic E-state index is 13.4. The number of carbonyl (C=O) groups excluding carboxylic acids is 3. The number of fused-ring (bicyclic) bond motifs is 4. The lowest BCUT2D eigenvalue weighted by Crippen LogP contribution is -2.54. The highest BCUT2D eigenvalue weighted by molar-refractivity contribution is 6.31. The molecule has 5 rings (SSSR count). The van der Waals surface area contributed by atoms with Crippen molar-refractivity contribution >= 4 is 52.3 Å². The second-order valence-electron chi connectivity index (χ2n) is 7.68. The first-order valence-electron chi connectivity index (χ1n) is 9.56. The summed E-state index contributed by atoms with van der Waals surface area (Å²) in [5, 5.41) is 11.1. The summed E-state index contributed by atoms with van der Waals surface area (Å²) in [6.07, 6.45) is 1.54. The number of hydrogen-bond donors (Lipinski definition) is 2. The monoisotopic (exact) mass is 454 g/mol. The van der Waals surface area contributed by atoms with Gasteiger partial charge in [0.05, 0.1) is 12.7 Å². The molecule has 0 radical (unpaired) electrons. The van der Waals surface area contributed by atoms with Crippen LogP contribution in [0.4, 0.5) is 11.5 Å². The van der Waals surface area contributed by atoms with E-state index in [2.05, 4.69) is 15.7 Å². The Balaban J connectivity index is 1.73. The summed E-state index contributed by atoms with van der Waals surface area (Å²) in [6.45, 7) is 1.66. The molecule has 2 aliphatic rings. The highest BCUT2D eigenvalue weighted by Gasteiger charge is 2.62. The van der Waals surface area contributed by atoms with Gasteiger partial charge < -0.3 is 10.6 Å². The van der Waals surface area contributed by atoms with Crippen molar-refractivity contribution < 1.29 is 14.4 Å². The maximum atomic E-state index is 13.4. The van der Waals surface area contributed by atoms with Crippen LogP contribution in [0.1, 0.15) is 23.6 Å². The fraction of sp³-hybridized carbons (Fsp3) is 0.182. The molecule has 156 valence electrons. The van der Waals surface area contributed by atoms with Crippen LogP contribution in [0.5, 0.6) is 0 Å². The summed E-state index contributed by atoms with van der Waals surface area (Å²) in [5.41, 5.74) is 0.840. The second kappa shape index (κ2) is 6.93. The van der Waals surface area contributed by atoms with Crippen molar-refractivity contribution in [3.63, 3.8) is 0 Å². The quantitative estimate of drug-likeness (QED) is 0.590. The van der Waals surface area contributed by atoms with Gasteiger partial charge in [-0.25, -0.2) is 4.68 Å². The minimum atomic E-state index is -1.54. The van der Waals surface area contributed by atoms with Crippen molar-refractivity contribution in [1.29, 1.82) is 0 Å². The van der Waals surface area contributed by atoms with Crippen LogP contribution >= 0.6 is 23.2 Å². The molecule has 9 heteroatoms. The molecule has 3 aromatic rings. The topological polar surface area (TPSA) is 93.1 Å². The minimum absolute atomic E-state index is 0.345. The number of rotatable bonds is 3. The Morgan fingerprint density at radius 1 is 1.06 bits per heavy atom. The summed E-state index contributed by atoms with van der Waals surface area (Å²) in [5.74, 6) is -2.29. The predicted molar refractivity (Wildman–Crippen MR) is 116 cm³/mol. The molecule has 0 aliphatic carbocycles. The number of amides is 2. The van der Waals surface area contributed by atoms with Gasteiger partial charge in [-0.15, -0.1) is 0 Å². The third-order valence-electron chi connectivity index (χ3n) is 5.87. The second-order valence-corrected chi connectivity index (χ2v) is 8.55. The van der Waals surface area contributed by atoms with E-state index in [4.69, 9.17) is 23.2 Å². The first-order valence-corrected chi connectivity index (χ1v) is 10.3. The van der Waals surface area contributed by atoms with Gasteiger partial charge in [0.15, 0.2) is 0 Å². The van der Waals surface area contributed by atoms with Gasteiger partial charge in [0.2, 0.25) is 11.8 Å². The summed E-state index contributed by atoms with van der Waals surface area (Å²) in [7, 11) is 0. The molecule has 0 fully saturated rings. The zero-order valence-electron chi connectivity index (χ0n) is 16.3. The number of benzene rings is 2. The SMILES string of the molecule is CC(=O)C1C(=O)Nc2c(cnn2Cc2ccc(Cl)cc2)C12C(=O)Nc1ccc(Cl)cc12. The van der Waals surface area contributed by atoms with Crippen LogP contribution in [0, 0.1) is 5.92 Å². The van der Waals surface area contributed by atoms with E-state index in [-0.39, 0.29) is 0 Å². The number of hydrogen-bond acceptors (Lipinski definition) is 4. The van der Waals surface area contributed by atoms with Crippen LogP contribution in [0.25, 0.3) is 0 Å². The van der Waals surface area contributed by atoms with Gasteiger partial charge in [0, 0.05) is 21.3 Å². The van der Waals surface area contributed by atoms with Crippen LogP contribution < -0.4 is 10.6 Å². The van der Waals surface area contributed by atoms with Gasteiger partial charge in [0.25, 0.3) is 0 Å². The maximum Gasteiger partial charge on any atom is 0.241 e. The normalized spacial score (nSPS) is 21.5. The van der Waals surface area contributed by atoms with E-state index in [1.807, 2.05) is 12.1 Å². The number of aromatic nitrogens is 2. The van der Waals surface area contributed by atoms with Crippen molar-refractivity contribution in [3.8, 4) is 0 Å². The molecule has 2 amide bonds. The number of carbonyl (C=O) groups is 3. The van der Waals surface area contributed by atoms with E-state index in [0.29, 0.717) is 39.2 Å². The first-order chi connectivity index (χ1) is 14.8.